The van der Waals surface area contributed by atoms with Crippen LogP contribution in [0.5, 0.6) is 5.75 Å². The lowest BCUT2D eigenvalue weighted by molar-refractivity contribution is -0.117. The molecule has 128 valence electrons. The zero-order valence-electron chi connectivity index (χ0n) is 13.2. The summed E-state index contributed by atoms with van der Waals surface area (Å²) < 4.78 is 5.65. The maximum Gasteiger partial charge on any atom is 0.231 e. The highest BCUT2D eigenvalue weighted by molar-refractivity contribution is 6.18. The standard InChI is InChI=1S/C16H22Cl2N2O3/c1-19-15-3-2-14(8-12(15)9-16(19)22)23-11-13(21)10-20(6-4-17)7-5-18/h2-3,8,13,21H,4-7,9-11H2,1H3. The number of fused-ring (bicyclic) bond motifs is 1. The number of alkyl halides is 2. The van der Waals surface area contributed by atoms with Gasteiger partial charge in [0.1, 0.15) is 18.5 Å². The second kappa shape index (κ2) is 8.73. The van der Waals surface area contributed by atoms with Gasteiger partial charge in [-0.15, -0.1) is 23.2 Å². The van der Waals surface area contributed by atoms with Gasteiger partial charge in [-0.25, -0.2) is 0 Å². The van der Waals surface area contributed by atoms with Crippen molar-refractivity contribution in [3.8, 4) is 5.75 Å². The van der Waals surface area contributed by atoms with Gasteiger partial charge in [-0.3, -0.25) is 9.69 Å². The number of benzene rings is 1. The fourth-order valence-corrected chi connectivity index (χ4v) is 3.09. The van der Waals surface area contributed by atoms with Crippen LogP contribution in [0.15, 0.2) is 18.2 Å². The van der Waals surface area contributed by atoms with E-state index in [2.05, 4.69) is 0 Å². The number of rotatable bonds is 9. The first-order chi connectivity index (χ1) is 11.0. The van der Waals surface area contributed by atoms with Gasteiger partial charge in [-0.1, -0.05) is 0 Å². The summed E-state index contributed by atoms with van der Waals surface area (Å²) in [5, 5.41) is 10.1. The molecule has 1 atom stereocenters. The summed E-state index contributed by atoms with van der Waals surface area (Å²) in [6, 6.07) is 5.55. The van der Waals surface area contributed by atoms with E-state index in [1.165, 1.54) is 0 Å². The average molecular weight is 361 g/mol. The molecule has 0 saturated carbocycles. The van der Waals surface area contributed by atoms with Crippen LogP contribution >= 0.6 is 23.2 Å². The van der Waals surface area contributed by atoms with Crippen molar-refractivity contribution in [2.75, 3.05) is 49.9 Å². The smallest absolute Gasteiger partial charge is 0.231 e. The van der Waals surface area contributed by atoms with Gasteiger partial charge in [0.2, 0.25) is 5.91 Å². The fraction of sp³-hybridized carbons (Fsp3) is 0.562. The fourth-order valence-electron chi connectivity index (χ4n) is 2.61. The van der Waals surface area contributed by atoms with E-state index in [4.69, 9.17) is 27.9 Å². The van der Waals surface area contributed by atoms with Gasteiger partial charge in [0.15, 0.2) is 0 Å². The van der Waals surface area contributed by atoms with Crippen LogP contribution in [0, 0.1) is 0 Å². The number of aliphatic hydroxyl groups is 1. The van der Waals surface area contributed by atoms with E-state index in [0.29, 0.717) is 43.6 Å². The molecule has 1 aliphatic rings. The van der Waals surface area contributed by atoms with Crippen LogP contribution in [0.4, 0.5) is 5.69 Å². The molecule has 0 aliphatic carbocycles. The first-order valence-corrected chi connectivity index (χ1v) is 8.66. The molecule has 0 bridgehead atoms. The molecule has 0 radical (unpaired) electrons. The maximum absolute atomic E-state index is 11.7. The number of hydrogen-bond acceptors (Lipinski definition) is 4. The minimum atomic E-state index is -0.626. The molecule has 1 aliphatic heterocycles. The van der Waals surface area contributed by atoms with Crippen molar-refractivity contribution in [3.05, 3.63) is 23.8 Å². The number of nitrogens with zero attached hydrogens (tertiary/aromatic N) is 2. The zero-order valence-corrected chi connectivity index (χ0v) is 14.7. The largest absolute Gasteiger partial charge is 0.491 e. The van der Waals surface area contributed by atoms with Crippen molar-refractivity contribution in [2.45, 2.75) is 12.5 Å². The molecule has 0 saturated heterocycles. The summed E-state index contributed by atoms with van der Waals surface area (Å²) in [6.07, 6.45) is -0.232. The van der Waals surface area contributed by atoms with E-state index in [9.17, 15) is 9.90 Å². The summed E-state index contributed by atoms with van der Waals surface area (Å²) in [6.45, 7) is 2.01. The van der Waals surface area contributed by atoms with E-state index >= 15 is 0 Å². The summed E-state index contributed by atoms with van der Waals surface area (Å²) in [5.41, 5.74) is 1.87. The van der Waals surface area contributed by atoms with Crippen LogP contribution in [-0.2, 0) is 11.2 Å². The second-order valence-electron chi connectivity index (χ2n) is 5.56. The van der Waals surface area contributed by atoms with Crippen molar-refractivity contribution in [2.24, 2.45) is 0 Å². The number of amides is 1. The first kappa shape index (κ1) is 18.3. The Bertz CT molecular complexity index is 536. The lowest BCUT2D eigenvalue weighted by atomic mass is 10.1. The topological polar surface area (TPSA) is 53.0 Å². The number of halogens is 2. The summed E-state index contributed by atoms with van der Waals surface area (Å²) >= 11 is 11.5. The molecular weight excluding hydrogens is 339 g/mol. The van der Waals surface area contributed by atoms with Crippen molar-refractivity contribution in [3.63, 3.8) is 0 Å². The van der Waals surface area contributed by atoms with E-state index in [0.717, 1.165) is 11.3 Å². The summed E-state index contributed by atoms with van der Waals surface area (Å²) in [4.78, 5) is 15.3. The Morgan fingerprint density at radius 2 is 2.04 bits per heavy atom. The molecule has 1 amide bonds. The number of ether oxygens (including phenoxy) is 1. The Kier molecular flexibility index (Phi) is 6.96. The van der Waals surface area contributed by atoms with E-state index in [-0.39, 0.29) is 12.5 Å². The molecule has 0 aromatic heterocycles. The van der Waals surface area contributed by atoms with Crippen molar-refractivity contribution >= 4 is 34.8 Å². The van der Waals surface area contributed by atoms with Gasteiger partial charge in [0.25, 0.3) is 0 Å². The SMILES string of the molecule is CN1C(=O)Cc2cc(OCC(O)CN(CCCl)CCCl)ccc21. The Hall–Kier alpha value is -1.01. The van der Waals surface area contributed by atoms with E-state index in [1.807, 2.05) is 23.1 Å². The monoisotopic (exact) mass is 360 g/mol. The zero-order chi connectivity index (χ0) is 16.8. The van der Waals surface area contributed by atoms with E-state index in [1.54, 1.807) is 11.9 Å². The molecule has 23 heavy (non-hydrogen) atoms. The third-order valence-corrected chi connectivity index (χ3v) is 4.18. The predicted octanol–water partition coefficient (Wildman–Crippen LogP) is 1.72. The Balaban J connectivity index is 1.86. The van der Waals surface area contributed by atoms with Crippen LogP contribution in [-0.4, -0.2) is 67.1 Å². The molecule has 1 heterocycles. The number of carbonyl (C=O) groups is 1. The molecule has 7 heteroatoms. The molecule has 1 aromatic rings. The van der Waals surface area contributed by atoms with Crippen LogP contribution in [0.2, 0.25) is 0 Å². The third kappa shape index (κ3) is 4.98. The second-order valence-corrected chi connectivity index (χ2v) is 6.32. The van der Waals surface area contributed by atoms with Crippen LogP contribution < -0.4 is 9.64 Å². The molecule has 0 fully saturated rings. The molecule has 2 rings (SSSR count). The Morgan fingerprint density at radius 1 is 1.35 bits per heavy atom. The van der Waals surface area contributed by atoms with Gasteiger partial charge >= 0.3 is 0 Å². The van der Waals surface area contributed by atoms with Gasteiger partial charge < -0.3 is 14.7 Å². The summed E-state index contributed by atoms with van der Waals surface area (Å²) in [5.74, 6) is 1.73. The minimum absolute atomic E-state index is 0.0787. The maximum atomic E-state index is 11.7. The van der Waals surface area contributed by atoms with Gasteiger partial charge in [-0.2, -0.15) is 0 Å². The quantitative estimate of drug-likeness (QED) is 0.681. The molecule has 1 unspecified atom stereocenters. The number of hydrogen-bond donors (Lipinski definition) is 1. The Morgan fingerprint density at radius 3 is 2.70 bits per heavy atom. The molecule has 1 N–H and O–H groups in total. The van der Waals surface area contributed by atoms with Crippen molar-refractivity contribution < 1.29 is 14.6 Å². The highest BCUT2D eigenvalue weighted by Crippen LogP contribution is 2.30. The van der Waals surface area contributed by atoms with Gasteiger partial charge in [0.05, 0.1) is 6.42 Å². The third-order valence-electron chi connectivity index (χ3n) is 3.84. The minimum Gasteiger partial charge on any atom is -0.491 e. The summed E-state index contributed by atoms with van der Waals surface area (Å²) in [7, 11) is 1.76. The van der Waals surface area contributed by atoms with E-state index < -0.39 is 6.10 Å². The van der Waals surface area contributed by atoms with Crippen LogP contribution in [0.25, 0.3) is 0 Å². The average Bonchev–Trinajstić information content (AvgIpc) is 2.80. The highest BCUT2D eigenvalue weighted by Gasteiger charge is 2.24. The first-order valence-electron chi connectivity index (χ1n) is 7.59. The van der Waals surface area contributed by atoms with Crippen LogP contribution in [0.3, 0.4) is 0 Å². The lowest BCUT2D eigenvalue weighted by Crippen LogP contribution is -2.37. The molecule has 5 nitrogen and oxygen atoms in total. The number of likely N-dealkylation sites (N-methyl/N-ethyl adjacent to an activating group) is 1. The lowest BCUT2D eigenvalue weighted by Gasteiger charge is -2.23. The molecular formula is C16H22Cl2N2O3. The van der Waals surface area contributed by atoms with Gasteiger partial charge in [0, 0.05) is 44.1 Å². The number of carbonyl (C=O) groups excluding carboxylic acids is 1. The highest BCUT2D eigenvalue weighted by atomic mass is 35.5. The molecule has 1 aromatic carbocycles. The predicted molar refractivity (Wildman–Crippen MR) is 92.9 cm³/mol. The number of aliphatic hydroxyl groups excluding tert-OH is 1. The van der Waals surface area contributed by atoms with Crippen molar-refractivity contribution in [1.82, 2.24) is 4.90 Å². The normalized spacial score (nSPS) is 15.2. The number of anilines is 1. The van der Waals surface area contributed by atoms with Crippen molar-refractivity contribution in [1.29, 1.82) is 0 Å². The van der Waals surface area contributed by atoms with Gasteiger partial charge in [-0.05, 0) is 23.8 Å². The Labute approximate surface area is 146 Å². The van der Waals surface area contributed by atoms with Crippen LogP contribution in [0.1, 0.15) is 5.56 Å². The molecule has 0 spiro atoms.